The Balaban J connectivity index is 1.91. The van der Waals surface area contributed by atoms with Crippen molar-refractivity contribution in [2.24, 2.45) is 5.92 Å². The Morgan fingerprint density at radius 3 is 1.93 bits per heavy atom. The first-order valence-corrected chi connectivity index (χ1v) is 19.3. The van der Waals surface area contributed by atoms with Crippen molar-refractivity contribution in [2.75, 3.05) is 27.3 Å². The molecule has 4 atom stereocenters. The van der Waals surface area contributed by atoms with Gasteiger partial charge in [-0.2, -0.15) is 0 Å². The van der Waals surface area contributed by atoms with Gasteiger partial charge in [-0.15, -0.1) is 0 Å². The lowest BCUT2D eigenvalue weighted by atomic mass is 9.90. The van der Waals surface area contributed by atoms with E-state index in [4.69, 9.17) is 23.7 Å². The smallest absolute Gasteiger partial charge is 0.410 e. The largest absolute Gasteiger partial charge is 0.458 e. The van der Waals surface area contributed by atoms with Crippen molar-refractivity contribution in [3.8, 4) is 0 Å². The maximum atomic E-state index is 15.2. The van der Waals surface area contributed by atoms with Crippen LogP contribution in [-0.2, 0) is 55.9 Å². The molecule has 0 radical (unpaired) electrons. The summed E-state index contributed by atoms with van der Waals surface area (Å²) in [4.78, 5) is 70.2. The van der Waals surface area contributed by atoms with Gasteiger partial charge in [0.2, 0.25) is 0 Å². The highest BCUT2D eigenvalue weighted by Gasteiger charge is 2.41. The molecule has 2 amide bonds. The first-order chi connectivity index (χ1) is 26.1. The van der Waals surface area contributed by atoms with Gasteiger partial charge in [-0.25, -0.2) is 23.6 Å². The Morgan fingerprint density at radius 2 is 1.38 bits per heavy atom. The number of rotatable bonds is 17. The number of alkyl halides is 1. The van der Waals surface area contributed by atoms with Crippen LogP contribution in [0.2, 0.25) is 0 Å². The van der Waals surface area contributed by atoms with E-state index < -0.39 is 71.9 Å². The Morgan fingerprint density at radius 1 is 0.786 bits per heavy atom. The van der Waals surface area contributed by atoms with E-state index in [1.54, 1.807) is 32.9 Å². The lowest BCUT2D eigenvalue weighted by Gasteiger charge is -2.34. The van der Waals surface area contributed by atoms with Crippen molar-refractivity contribution < 1.29 is 52.0 Å². The van der Waals surface area contributed by atoms with Crippen LogP contribution in [0.25, 0.3) is 0 Å². The van der Waals surface area contributed by atoms with Gasteiger partial charge in [0.15, 0.2) is 12.2 Å². The predicted molar refractivity (Wildman–Crippen MR) is 208 cm³/mol. The molecule has 2 aromatic carbocycles. The van der Waals surface area contributed by atoms with Crippen LogP contribution in [-0.4, -0.2) is 103 Å². The van der Waals surface area contributed by atoms with Gasteiger partial charge in [0, 0.05) is 40.2 Å². The molecule has 13 heteroatoms. The van der Waals surface area contributed by atoms with E-state index in [1.165, 1.54) is 34.9 Å². The van der Waals surface area contributed by atoms with Crippen molar-refractivity contribution in [1.29, 1.82) is 0 Å². The Kier molecular flexibility index (Phi) is 16.9. The highest BCUT2D eigenvalue weighted by atomic mass is 19.1. The molecule has 0 aliphatic carbocycles. The third-order valence-electron chi connectivity index (χ3n) is 9.36. The Hall–Kier alpha value is -4.52. The zero-order valence-electron chi connectivity index (χ0n) is 34.7. The van der Waals surface area contributed by atoms with E-state index in [9.17, 15) is 24.0 Å². The number of likely N-dealkylation sites (N-methyl/N-ethyl adjacent to an activating group) is 2. The third kappa shape index (κ3) is 14.9. The van der Waals surface area contributed by atoms with E-state index in [1.807, 2.05) is 56.3 Å². The van der Waals surface area contributed by atoms with E-state index >= 15 is 4.39 Å². The predicted octanol–water partition coefficient (Wildman–Crippen LogP) is 6.96. The van der Waals surface area contributed by atoms with Crippen LogP contribution in [0.3, 0.4) is 0 Å². The minimum Gasteiger partial charge on any atom is -0.458 e. The van der Waals surface area contributed by atoms with Crippen molar-refractivity contribution in [3.05, 3.63) is 71.3 Å². The topological polar surface area (TPSA) is 138 Å². The molecule has 0 spiro atoms. The molecule has 1 unspecified atom stereocenters. The number of carbonyl (C=O) groups is 5. The molecule has 1 saturated heterocycles. The summed E-state index contributed by atoms with van der Waals surface area (Å²) in [5, 5.41) is 0. The number of amides is 2. The molecule has 0 aromatic heterocycles. The normalized spacial score (nSPS) is 15.9. The second kappa shape index (κ2) is 20.6. The summed E-state index contributed by atoms with van der Waals surface area (Å²) in [7, 11) is 2.71. The molecule has 1 aliphatic rings. The fourth-order valence-electron chi connectivity index (χ4n) is 6.25. The van der Waals surface area contributed by atoms with Crippen LogP contribution in [0.4, 0.5) is 9.18 Å². The summed E-state index contributed by atoms with van der Waals surface area (Å²) in [6, 6.07) is 14.1. The second-order valence-corrected chi connectivity index (χ2v) is 16.6. The average molecular weight is 785 g/mol. The maximum Gasteiger partial charge on any atom is 0.410 e. The summed E-state index contributed by atoms with van der Waals surface area (Å²) < 4.78 is 43.0. The van der Waals surface area contributed by atoms with E-state index in [-0.39, 0.29) is 25.4 Å². The van der Waals surface area contributed by atoms with Crippen molar-refractivity contribution in [1.82, 2.24) is 9.80 Å². The van der Waals surface area contributed by atoms with Gasteiger partial charge in [0.25, 0.3) is 5.91 Å². The second-order valence-electron chi connectivity index (χ2n) is 16.6. The van der Waals surface area contributed by atoms with Crippen molar-refractivity contribution in [2.45, 2.75) is 136 Å². The van der Waals surface area contributed by atoms with E-state index in [2.05, 4.69) is 0 Å². The average Bonchev–Trinajstić information content (AvgIpc) is 3.13. The van der Waals surface area contributed by atoms with Gasteiger partial charge in [-0.1, -0.05) is 68.4 Å². The van der Waals surface area contributed by atoms with Gasteiger partial charge in [-0.3, -0.25) is 9.69 Å². The molecule has 1 fully saturated rings. The first kappa shape index (κ1) is 45.9. The molecular weight excluding hydrogens is 723 g/mol. The molecule has 56 heavy (non-hydrogen) atoms. The number of nitrogens with zero attached hydrogens (tertiary/aromatic N) is 2. The summed E-state index contributed by atoms with van der Waals surface area (Å²) in [6.45, 7) is 14.0. The molecule has 0 bridgehead atoms. The van der Waals surface area contributed by atoms with Crippen LogP contribution in [0, 0.1) is 5.92 Å². The lowest BCUT2D eigenvalue weighted by molar-refractivity contribution is -0.174. The highest BCUT2D eigenvalue weighted by molar-refractivity contribution is 5.90. The van der Waals surface area contributed by atoms with Crippen molar-refractivity contribution in [3.63, 3.8) is 0 Å². The molecule has 1 heterocycles. The number of ether oxygens (including phenoxy) is 5. The molecule has 310 valence electrons. The molecule has 2 aromatic rings. The van der Waals surface area contributed by atoms with Gasteiger partial charge in [0.1, 0.15) is 30.0 Å². The van der Waals surface area contributed by atoms with Gasteiger partial charge in [0.05, 0.1) is 0 Å². The number of benzene rings is 2. The fourth-order valence-corrected chi connectivity index (χ4v) is 6.25. The van der Waals surface area contributed by atoms with Crippen LogP contribution in [0.5, 0.6) is 0 Å². The van der Waals surface area contributed by atoms with Crippen LogP contribution in [0.1, 0.15) is 104 Å². The Bertz CT molecular complexity index is 1600. The minimum absolute atomic E-state index is 0.0117. The number of esters is 3. The SMILES string of the molecule is CC(C)C[C@@H](C(=O)O[C@H](C)C(=O)OCc1ccccc1)N(C)C(=O)C(Cc1ccc(C2CCOCC2)cc1)OC(=O)[C@H](CC(C)(C)F)N(C)C(=O)OC(C)(C)C. The maximum absolute atomic E-state index is 15.2. The van der Waals surface area contributed by atoms with Crippen LogP contribution >= 0.6 is 0 Å². The lowest BCUT2D eigenvalue weighted by Crippen LogP contribution is -2.52. The standard InChI is InChI=1S/C43H61FN2O10/c1-28(2)24-34(39(49)54-29(3)38(48)53-27-31-14-12-11-13-15-31)45(9)37(47)36(25-30-16-18-32(19-17-30)33-20-22-52-23-21-33)55-40(50)35(26-43(7,8)44)46(10)41(51)56-42(4,5)6/h11-19,28-29,33-36H,20-27H2,1-10H3/t29-,34+,35+,36?/m1/s1. The highest BCUT2D eigenvalue weighted by Crippen LogP contribution is 2.28. The quantitative estimate of drug-likeness (QED) is 0.122. The van der Waals surface area contributed by atoms with E-state index in [0.717, 1.165) is 33.8 Å². The molecule has 1 aliphatic heterocycles. The Labute approximate surface area is 331 Å². The van der Waals surface area contributed by atoms with Gasteiger partial charge < -0.3 is 28.6 Å². The molecule has 12 nitrogen and oxygen atoms in total. The third-order valence-corrected chi connectivity index (χ3v) is 9.36. The minimum atomic E-state index is -1.92. The number of hydrogen-bond donors (Lipinski definition) is 0. The molecular formula is C43H61FN2O10. The van der Waals surface area contributed by atoms with Gasteiger partial charge >= 0.3 is 24.0 Å². The van der Waals surface area contributed by atoms with Crippen LogP contribution in [0.15, 0.2) is 54.6 Å². The number of hydrogen-bond acceptors (Lipinski definition) is 10. The monoisotopic (exact) mass is 784 g/mol. The van der Waals surface area contributed by atoms with E-state index in [0.29, 0.717) is 24.7 Å². The summed E-state index contributed by atoms with van der Waals surface area (Å²) >= 11 is 0. The molecule has 3 rings (SSSR count). The summed E-state index contributed by atoms with van der Waals surface area (Å²) in [6.07, 6.45) is -2.24. The van der Waals surface area contributed by atoms with Gasteiger partial charge in [-0.05, 0) is 89.3 Å². The van der Waals surface area contributed by atoms with Crippen LogP contribution < -0.4 is 0 Å². The molecule has 0 saturated carbocycles. The summed E-state index contributed by atoms with van der Waals surface area (Å²) in [5.74, 6) is -3.12. The number of halogens is 1. The zero-order chi connectivity index (χ0) is 41.8. The fraction of sp³-hybridized carbons (Fsp3) is 0.605. The number of carbonyl (C=O) groups excluding carboxylic acids is 5. The van der Waals surface area contributed by atoms with Crippen molar-refractivity contribution >= 4 is 29.9 Å². The zero-order valence-corrected chi connectivity index (χ0v) is 34.7. The molecule has 0 N–H and O–H groups in total. The summed E-state index contributed by atoms with van der Waals surface area (Å²) in [5.41, 5.74) is -0.271. The first-order valence-electron chi connectivity index (χ1n) is 19.3.